The fourth-order valence-electron chi connectivity index (χ4n) is 2.31. The van der Waals surface area contributed by atoms with Crippen molar-refractivity contribution in [2.75, 3.05) is 24.9 Å². The standard InChI is InChI=1S/C18H18ClN5O2/c1-25-15-8-7-12(9-16(15)26-2)10-20-18-23-17(11-21-24-18)22-14-6-4-3-5-13(14)19/h3-9,11H,10H2,1-2H3,(H2,20,22,23,24). The first kappa shape index (κ1) is 17.8. The number of methoxy groups -OCH3 is 2. The van der Waals surface area contributed by atoms with E-state index in [-0.39, 0.29) is 0 Å². The predicted molar refractivity (Wildman–Crippen MR) is 101 cm³/mol. The number of halogens is 1. The van der Waals surface area contributed by atoms with Gasteiger partial charge in [0.1, 0.15) is 0 Å². The van der Waals surface area contributed by atoms with Gasteiger partial charge >= 0.3 is 0 Å². The SMILES string of the molecule is COc1ccc(CNc2nncc(Nc3ccccc3Cl)n2)cc1OC. The second-order valence-corrected chi connectivity index (χ2v) is 5.72. The van der Waals surface area contributed by atoms with Gasteiger partial charge in [-0.1, -0.05) is 29.8 Å². The van der Waals surface area contributed by atoms with Crippen LogP contribution in [-0.2, 0) is 6.54 Å². The summed E-state index contributed by atoms with van der Waals surface area (Å²) in [6.07, 6.45) is 1.53. The first-order valence-corrected chi connectivity index (χ1v) is 8.23. The largest absolute Gasteiger partial charge is 0.493 e. The van der Waals surface area contributed by atoms with Gasteiger partial charge in [0, 0.05) is 6.54 Å². The average Bonchev–Trinajstić information content (AvgIpc) is 2.68. The molecule has 26 heavy (non-hydrogen) atoms. The Hall–Kier alpha value is -3.06. The molecule has 0 fully saturated rings. The molecule has 0 radical (unpaired) electrons. The predicted octanol–water partition coefficient (Wildman–Crippen LogP) is 3.90. The van der Waals surface area contributed by atoms with Gasteiger partial charge in [-0.15, -0.1) is 5.10 Å². The van der Waals surface area contributed by atoms with Crippen LogP contribution in [0.1, 0.15) is 5.56 Å². The molecule has 0 aliphatic carbocycles. The van der Waals surface area contributed by atoms with E-state index in [0.29, 0.717) is 34.8 Å². The number of hydrogen-bond acceptors (Lipinski definition) is 7. The van der Waals surface area contributed by atoms with Crippen LogP contribution >= 0.6 is 11.6 Å². The lowest BCUT2D eigenvalue weighted by molar-refractivity contribution is 0.354. The average molecular weight is 372 g/mol. The van der Waals surface area contributed by atoms with Crippen molar-refractivity contribution in [3.05, 3.63) is 59.2 Å². The molecule has 0 spiro atoms. The van der Waals surface area contributed by atoms with Gasteiger partial charge in [-0.3, -0.25) is 0 Å². The van der Waals surface area contributed by atoms with Gasteiger partial charge in [0.05, 0.1) is 31.1 Å². The Morgan fingerprint density at radius 3 is 2.62 bits per heavy atom. The van der Waals surface area contributed by atoms with E-state index in [9.17, 15) is 0 Å². The lowest BCUT2D eigenvalue weighted by atomic mass is 10.2. The van der Waals surface area contributed by atoms with Crippen molar-refractivity contribution in [1.29, 1.82) is 0 Å². The first-order chi connectivity index (χ1) is 12.7. The molecule has 2 N–H and O–H groups in total. The maximum Gasteiger partial charge on any atom is 0.244 e. The highest BCUT2D eigenvalue weighted by atomic mass is 35.5. The Balaban J connectivity index is 1.68. The highest BCUT2D eigenvalue weighted by molar-refractivity contribution is 6.33. The van der Waals surface area contributed by atoms with Gasteiger partial charge < -0.3 is 20.1 Å². The maximum atomic E-state index is 6.14. The molecule has 1 heterocycles. The van der Waals surface area contributed by atoms with E-state index < -0.39 is 0 Å². The lowest BCUT2D eigenvalue weighted by Gasteiger charge is -2.11. The number of ether oxygens (including phenoxy) is 2. The van der Waals surface area contributed by atoms with Crippen LogP contribution in [0.25, 0.3) is 0 Å². The Kier molecular flexibility index (Phi) is 5.70. The quantitative estimate of drug-likeness (QED) is 0.651. The third-order valence-corrected chi connectivity index (χ3v) is 3.92. The fraction of sp³-hybridized carbons (Fsp3) is 0.167. The number of nitrogens with one attached hydrogen (secondary N) is 2. The third-order valence-electron chi connectivity index (χ3n) is 3.59. The molecule has 0 saturated carbocycles. The summed E-state index contributed by atoms with van der Waals surface area (Å²) in [5, 5.41) is 14.8. The van der Waals surface area contributed by atoms with Crippen LogP contribution < -0.4 is 20.1 Å². The molecule has 0 aliphatic heterocycles. The van der Waals surface area contributed by atoms with Crippen molar-refractivity contribution in [3.63, 3.8) is 0 Å². The van der Waals surface area contributed by atoms with Gasteiger partial charge in [-0.2, -0.15) is 10.1 Å². The van der Waals surface area contributed by atoms with Gasteiger partial charge in [0.15, 0.2) is 17.3 Å². The number of para-hydroxylation sites is 1. The second kappa shape index (κ2) is 8.35. The van der Waals surface area contributed by atoms with Crippen LogP contribution in [-0.4, -0.2) is 29.4 Å². The van der Waals surface area contributed by atoms with Crippen molar-refractivity contribution >= 4 is 29.1 Å². The highest BCUT2D eigenvalue weighted by Crippen LogP contribution is 2.28. The topological polar surface area (TPSA) is 81.2 Å². The maximum absolute atomic E-state index is 6.14. The Bertz CT molecular complexity index is 891. The molecule has 7 nitrogen and oxygen atoms in total. The zero-order valence-corrected chi connectivity index (χ0v) is 15.1. The van der Waals surface area contributed by atoms with E-state index in [1.54, 1.807) is 20.3 Å². The molecule has 0 bridgehead atoms. The lowest BCUT2D eigenvalue weighted by Crippen LogP contribution is -2.06. The summed E-state index contributed by atoms with van der Waals surface area (Å²) in [4.78, 5) is 4.39. The molecular formula is C18H18ClN5O2. The summed E-state index contributed by atoms with van der Waals surface area (Å²) >= 11 is 6.14. The molecule has 8 heteroatoms. The number of benzene rings is 2. The number of aromatic nitrogens is 3. The summed E-state index contributed by atoms with van der Waals surface area (Å²) in [5.74, 6) is 2.29. The molecule has 3 rings (SSSR count). The second-order valence-electron chi connectivity index (χ2n) is 5.31. The van der Waals surface area contributed by atoms with Crippen LogP contribution in [0.5, 0.6) is 11.5 Å². The van der Waals surface area contributed by atoms with E-state index >= 15 is 0 Å². The molecule has 2 aromatic carbocycles. The van der Waals surface area contributed by atoms with Crippen LogP contribution in [0.4, 0.5) is 17.5 Å². The summed E-state index contributed by atoms with van der Waals surface area (Å²) < 4.78 is 10.5. The molecule has 134 valence electrons. The van der Waals surface area contributed by atoms with Crippen LogP contribution in [0.2, 0.25) is 5.02 Å². The Labute approximate surface area is 156 Å². The molecule has 3 aromatic rings. The van der Waals surface area contributed by atoms with Crippen LogP contribution in [0, 0.1) is 0 Å². The van der Waals surface area contributed by atoms with Crippen molar-refractivity contribution < 1.29 is 9.47 Å². The number of anilines is 3. The fourth-order valence-corrected chi connectivity index (χ4v) is 2.49. The molecule has 0 unspecified atom stereocenters. The van der Waals surface area contributed by atoms with Crippen molar-refractivity contribution in [1.82, 2.24) is 15.2 Å². The molecule has 0 aliphatic rings. The molecule has 0 saturated heterocycles. The van der Waals surface area contributed by atoms with Gasteiger partial charge in [0.2, 0.25) is 5.95 Å². The van der Waals surface area contributed by atoms with E-state index in [1.807, 2.05) is 36.4 Å². The van der Waals surface area contributed by atoms with Gasteiger partial charge in [-0.25, -0.2) is 0 Å². The molecule has 1 aromatic heterocycles. The number of rotatable bonds is 7. The summed E-state index contributed by atoms with van der Waals surface area (Å²) in [5.41, 5.74) is 1.75. The van der Waals surface area contributed by atoms with Gasteiger partial charge in [0.25, 0.3) is 0 Å². The van der Waals surface area contributed by atoms with Crippen LogP contribution in [0.3, 0.4) is 0 Å². The number of hydrogen-bond donors (Lipinski definition) is 2. The van der Waals surface area contributed by atoms with E-state index in [4.69, 9.17) is 21.1 Å². The first-order valence-electron chi connectivity index (χ1n) is 7.85. The monoisotopic (exact) mass is 371 g/mol. The third kappa shape index (κ3) is 4.31. The smallest absolute Gasteiger partial charge is 0.244 e. The molecule has 0 amide bonds. The normalized spacial score (nSPS) is 10.3. The summed E-state index contributed by atoms with van der Waals surface area (Å²) in [7, 11) is 3.21. The Morgan fingerprint density at radius 1 is 1.04 bits per heavy atom. The Morgan fingerprint density at radius 2 is 1.85 bits per heavy atom. The number of nitrogens with zero attached hydrogens (tertiary/aromatic N) is 3. The van der Waals surface area contributed by atoms with Crippen molar-refractivity contribution in [2.45, 2.75) is 6.54 Å². The van der Waals surface area contributed by atoms with E-state index in [1.165, 1.54) is 6.20 Å². The minimum absolute atomic E-state index is 0.400. The summed E-state index contributed by atoms with van der Waals surface area (Å²) in [6, 6.07) is 13.1. The van der Waals surface area contributed by atoms with Crippen molar-refractivity contribution in [3.8, 4) is 11.5 Å². The molecular weight excluding hydrogens is 354 g/mol. The zero-order chi connectivity index (χ0) is 18.4. The van der Waals surface area contributed by atoms with E-state index in [2.05, 4.69) is 25.8 Å². The minimum atomic E-state index is 0.400. The van der Waals surface area contributed by atoms with Crippen molar-refractivity contribution in [2.24, 2.45) is 0 Å². The molecule has 0 atom stereocenters. The minimum Gasteiger partial charge on any atom is -0.493 e. The zero-order valence-electron chi connectivity index (χ0n) is 14.4. The van der Waals surface area contributed by atoms with E-state index in [0.717, 1.165) is 11.3 Å². The summed E-state index contributed by atoms with van der Waals surface area (Å²) in [6.45, 7) is 0.511. The highest BCUT2D eigenvalue weighted by Gasteiger charge is 2.06. The van der Waals surface area contributed by atoms with Gasteiger partial charge in [-0.05, 0) is 29.8 Å². The van der Waals surface area contributed by atoms with Crippen LogP contribution in [0.15, 0.2) is 48.7 Å².